The van der Waals surface area contributed by atoms with Gasteiger partial charge in [-0.3, -0.25) is 9.38 Å². The van der Waals surface area contributed by atoms with Crippen LogP contribution in [-0.4, -0.2) is 26.0 Å². The maximum Gasteiger partial charge on any atom is 0.387 e. The minimum atomic E-state index is -3.05. The number of aryl methyl sites for hydroxylation is 3. The monoisotopic (exact) mass is 372 g/mol. The maximum absolute atomic E-state index is 14.6. The topological polar surface area (TPSA) is 52.3 Å². The molecule has 3 aromatic heterocycles. The van der Waals surface area contributed by atoms with Gasteiger partial charge < -0.3 is 4.74 Å². The third-order valence-corrected chi connectivity index (χ3v) is 4.42. The molecule has 4 rings (SSSR count). The first-order valence-electron chi connectivity index (χ1n) is 8.21. The standard InChI is InChI=1S/C19H15F3N4O/c1-9-8-23-5-4-13(9)18-25-11(3)17-10(2)24-16-14(20)6-12(27-19(21)22)7-15(16)26(17)18/h4-8,19H,1-3H3. The summed E-state index contributed by atoms with van der Waals surface area (Å²) in [6, 6.07) is 4.07. The van der Waals surface area contributed by atoms with Gasteiger partial charge in [0.15, 0.2) is 5.82 Å². The molecular weight excluding hydrogens is 357 g/mol. The van der Waals surface area contributed by atoms with Crippen LogP contribution in [0.4, 0.5) is 13.2 Å². The van der Waals surface area contributed by atoms with Crippen molar-refractivity contribution >= 4 is 16.6 Å². The van der Waals surface area contributed by atoms with Gasteiger partial charge >= 0.3 is 6.61 Å². The third-order valence-electron chi connectivity index (χ3n) is 4.42. The summed E-state index contributed by atoms with van der Waals surface area (Å²) in [5.41, 5.74) is 4.04. The first-order valence-corrected chi connectivity index (χ1v) is 8.21. The minimum absolute atomic E-state index is 0.0620. The third kappa shape index (κ3) is 2.77. The number of imidazole rings is 1. The first kappa shape index (κ1) is 17.3. The van der Waals surface area contributed by atoms with Crippen molar-refractivity contribution in [3.05, 3.63) is 53.4 Å². The fourth-order valence-electron chi connectivity index (χ4n) is 3.33. The van der Waals surface area contributed by atoms with Gasteiger partial charge in [0.2, 0.25) is 0 Å². The molecule has 4 aromatic rings. The summed E-state index contributed by atoms with van der Waals surface area (Å²) in [5.74, 6) is -0.450. The molecule has 0 amide bonds. The second-order valence-corrected chi connectivity index (χ2v) is 6.24. The second kappa shape index (κ2) is 6.22. The summed E-state index contributed by atoms with van der Waals surface area (Å²) in [7, 11) is 0. The molecule has 0 spiro atoms. The quantitative estimate of drug-likeness (QED) is 0.527. The zero-order chi connectivity index (χ0) is 19.3. The van der Waals surface area contributed by atoms with Crippen LogP contribution in [0.25, 0.3) is 27.9 Å². The van der Waals surface area contributed by atoms with E-state index in [0.29, 0.717) is 28.2 Å². The molecular formula is C19H15F3N4O. The summed E-state index contributed by atoms with van der Waals surface area (Å²) in [4.78, 5) is 13.0. The molecule has 3 heterocycles. The van der Waals surface area contributed by atoms with Crippen LogP contribution in [0, 0.1) is 26.6 Å². The van der Waals surface area contributed by atoms with Gasteiger partial charge in [-0.25, -0.2) is 14.4 Å². The van der Waals surface area contributed by atoms with E-state index in [9.17, 15) is 13.2 Å². The molecule has 0 N–H and O–H groups in total. The number of pyridine rings is 1. The molecule has 0 aliphatic carbocycles. The van der Waals surface area contributed by atoms with Crippen molar-refractivity contribution < 1.29 is 17.9 Å². The highest BCUT2D eigenvalue weighted by Gasteiger charge is 2.20. The van der Waals surface area contributed by atoms with Crippen molar-refractivity contribution in [1.82, 2.24) is 19.4 Å². The van der Waals surface area contributed by atoms with Gasteiger partial charge in [-0.15, -0.1) is 0 Å². The SMILES string of the molecule is Cc1cnccc1-c1nc(C)c2c(C)nc3c(F)cc(OC(F)F)cc3n12. The van der Waals surface area contributed by atoms with Crippen LogP contribution >= 0.6 is 0 Å². The number of alkyl halides is 2. The number of nitrogens with zero attached hydrogens (tertiary/aromatic N) is 4. The number of hydrogen-bond acceptors (Lipinski definition) is 4. The Balaban J connectivity index is 2.16. The Bertz CT molecular complexity index is 1190. The van der Waals surface area contributed by atoms with Gasteiger partial charge in [0, 0.05) is 30.1 Å². The van der Waals surface area contributed by atoms with Gasteiger partial charge in [0.05, 0.1) is 22.4 Å². The van der Waals surface area contributed by atoms with Gasteiger partial charge in [-0.1, -0.05) is 0 Å². The zero-order valence-electron chi connectivity index (χ0n) is 14.8. The van der Waals surface area contributed by atoms with Crippen LogP contribution < -0.4 is 4.74 Å². The molecule has 138 valence electrons. The molecule has 5 nitrogen and oxygen atoms in total. The van der Waals surface area contributed by atoms with E-state index < -0.39 is 12.4 Å². The summed E-state index contributed by atoms with van der Waals surface area (Å²) in [6.07, 6.45) is 3.34. The van der Waals surface area contributed by atoms with Crippen LogP contribution in [-0.2, 0) is 0 Å². The normalized spacial score (nSPS) is 11.7. The Kier molecular flexibility index (Phi) is 3.98. The molecule has 8 heteroatoms. The Morgan fingerprint density at radius 2 is 1.81 bits per heavy atom. The molecule has 0 fully saturated rings. The maximum atomic E-state index is 14.6. The van der Waals surface area contributed by atoms with Gasteiger partial charge in [0.25, 0.3) is 0 Å². The summed E-state index contributed by atoms with van der Waals surface area (Å²) in [5, 5.41) is 0. The molecule has 27 heavy (non-hydrogen) atoms. The molecule has 0 bridgehead atoms. The molecule has 0 unspecified atom stereocenters. The molecule has 0 radical (unpaired) electrons. The number of rotatable bonds is 3. The minimum Gasteiger partial charge on any atom is -0.435 e. The molecule has 0 aliphatic heterocycles. The predicted molar refractivity (Wildman–Crippen MR) is 94.5 cm³/mol. The lowest BCUT2D eigenvalue weighted by Crippen LogP contribution is -2.05. The van der Waals surface area contributed by atoms with E-state index in [-0.39, 0.29) is 11.3 Å². The lowest BCUT2D eigenvalue weighted by Gasteiger charge is -2.12. The fraction of sp³-hybridized carbons (Fsp3) is 0.211. The van der Waals surface area contributed by atoms with E-state index in [1.54, 1.807) is 29.8 Å². The van der Waals surface area contributed by atoms with Gasteiger partial charge in [-0.05, 0) is 32.4 Å². The Labute approximate surface area is 152 Å². The van der Waals surface area contributed by atoms with Gasteiger partial charge in [-0.2, -0.15) is 8.78 Å². The van der Waals surface area contributed by atoms with Crippen LogP contribution in [0.15, 0.2) is 30.6 Å². The molecule has 1 aromatic carbocycles. The van der Waals surface area contributed by atoms with Crippen LogP contribution in [0.2, 0.25) is 0 Å². The summed E-state index contributed by atoms with van der Waals surface area (Å²) >= 11 is 0. The Hall–Kier alpha value is -3.16. The number of hydrogen-bond donors (Lipinski definition) is 0. The predicted octanol–water partition coefficient (Wildman–Crippen LogP) is 4.61. The molecule has 0 saturated carbocycles. The Morgan fingerprint density at radius 1 is 1.07 bits per heavy atom. The smallest absolute Gasteiger partial charge is 0.387 e. The van der Waals surface area contributed by atoms with Crippen molar-refractivity contribution in [2.45, 2.75) is 27.4 Å². The van der Waals surface area contributed by atoms with E-state index in [0.717, 1.165) is 17.2 Å². The fourth-order valence-corrected chi connectivity index (χ4v) is 3.33. The number of ether oxygens (including phenoxy) is 1. The van der Waals surface area contributed by atoms with E-state index in [1.807, 2.05) is 13.8 Å². The molecule has 0 aliphatic rings. The average molecular weight is 372 g/mol. The van der Waals surface area contributed by atoms with Crippen LogP contribution in [0.1, 0.15) is 17.0 Å². The van der Waals surface area contributed by atoms with Gasteiger partial charge in [0.1, 0.15) is 17.1 Å². The summed E-state index contributed by atoms with van der Waals surface area (Å²) in [6.45, 7) is 2.42. The number of halogens is 3. The zero-order valence-corrected chi connectivity index (χ0v) is 14.8. The van der Waals surface area contributed by atoms with Crippen molar-refractivity contribution in [2.24, 2.45) is 0 Å². The highest BCUT2D eigenvalue weighted by atomic mass is 19.3. The van der Waals surface area contributed by atoms with Crippen LogP contribution in [0.5, 0.6) is 5.75 Å². The highest BCUT2D eigenvalue weighted by Crippen LogP contribution is 2.32. The van der Waals surface area contributed by atoms with E-state index in [4.69, 9.17) is 0 Å². The lowest BCUT2D eigenvalue weighted by molar-refractivity contribution is -0.0499. The Morgan fingerprint density at radius 3 is 2.52 bits per heavy atom. The van der Waals surface area contributed by atoms with Crippen molar-refractivity contribution in [2.75, 3.05) is 0 Å². The van der Waals surface area contributed by atoms with E-state index in [1.165, 1.54) is 6.07 Å². The number of fused-ring (bicyclic) bond motifs is 3. The largest absolute Gasteiger partial charge is 0.435 e. The van der Waals surface area contributed by atoms with Crippen molar-refractivity contribution in [1.29, 1.82) is 0 Å². The summed E-state index contributed by atoms with van der Waals surface area (Å²) < 4.78 is 46.0. The lowest BCUT2D eigenvalue weighted by atomic mass is 10.1. The highest BCUT2D eigenvalue weighted by molar-refractivity contribution is 5.85. The number of aromatic nitrogens is 4. The molecule has 0 saturated heterocycles. The van der Waals surface area contributed by atoms with Crippen molar-refractivity contribution in [3.8, 4) is 17.1 Å². The van der Waals surface area contributed by atoms with Crippen LogP contribution in [0.3, 0.4) is 0 Å². The second-order valence-electron chi connectivity index (χ2n) is 6.24. The number of benzene rings is 1. The van der Waals surface area contributed by atoms with E-state index >= 15 is 0 Å². The van der Waals surface area contributed by atoms with E-state index in [2.05, 4.69) is 19.7 Å². The van der Waals surface area contributed by atoms with Crippen molar-refractivity contribution in [3.63, 3.8) is 0 Å². The molecule has 0 atom stereocenters. The first-order chi connectivity index (χ1) is 12.9. The average Bonchev–Trinajstić information content (AvgIpc) is 2.94.